The molecule has 0 bridgehead atoms. The lowest BCUT2D eigenvalue weighted by Gasteiger charge is -2.06. The van der Waals surface area contributed by atoms with Gasteiger partial charge in [-0.3, -0.25) is 4.98 Å². The van der Waals surface area contributed by atoms with Gasteiger partial charge in [-0.15, -0.1) is 0 Å². The van der Waals surface area contributed by atoms with Crippen LogP contribution in [0, 0.1) is 6.92 Å². The zero-order chi connectivity index (χ0) is 18.1. The molecule has 0 saturated carbocycles. The summed E-state index contributed by atoms with van der Waals surface area (Å²) < 4.78 is 10.4. The van der Waals surface area contributed by atoms with Gasteiger partial charge in [0.15, 0.2) is 0 Å². The van der Waals surface area contributed by atoms with E-state index in [2.05, 4.69) is 15.1 Å². The van der Waals surface area contributed by atoms with Crippen LogP contribution in [-0.2, 0) is 4.74 Å². The van der Waals surface area contributed by atoms with Crippen molar-refractivity contribution in [1.29, 1.82) is 0 Å². The van der Waals surface area contributed by atoms with Crippen molar-refractivity contribution in [2.24, 2.45) is 0 Å². The zero-order valence-corrected chi connectivity index (χ0v) is 14.3. The monoisotopic (exact) mass is 345 g/mol. The number of pyridine rings is 2. The normalized spacial score (nSPS) is 10.8. The van der Waals surface area contributed by atoms with Crippen LogP contribution < -0.4 is 0 Å². The molecule has 3 aromatic heterocycles. The van der Waals surface area contributed by atoms with E-state index in [9.17, 15) is 4.79 Å². The van der Waals surface area contributed by atoms with Gasteiger partial charge in [0.05, 0.1) is 23.8 Å². The lowest BCUT2D eigenvalue weighted by Crippen LogP contribution is -2.03. The van der Waals surface area contributed by atoms with Gasteiger partial charge in [-0.2, -0.15) is 0 Å². The first-order chi connectivity index (χ1) is 12.7. The van der Waals surface area contributed by atoms with Crippen molar-refractivity contribution >= 4 is 17.1 Å². The Balaban J connectivity index is 1.97. The standard InChI is InChI=1S/C20H15N3O3/c1-12-5-7-13(8-6-12)18-17-15(20(24)25-2)10-16(22-19(17)26-23-18)14-4-3-9-21-11-14/h3-11H,1-2H3. The number of carbonyl (C=O) groups is 1. The lowest BCUT2D eigenvalue weighted by atomic mass is 10.0. The fraction of sp³-hybridized carbons (Fsp3) is 0.100. The summed E-state index contributed by atoms with van der Waals surface area (Å²) in [5.74, 6) is -0.473. The van der Waals surface area contributed by atoms with Crippen LogP contribution in [0.4, 0.5) is 0 Å². The van der Waals surface area contributed by atoms with Gasteiger partial charge in [0, 0.05) is 23.5 Å². The van der Waals surface area contributed by atoms with E-state index in [4.69, 9.17) is 9.26 Å². The average Bonchev–Trinajstić information content (AvgIpc) is 3.12. The number of hydrogen-bond acceptors (Lipinski definition) is 6. The predicted octanol–water partition coefficient (Wildman–Crippen LogP) is 4.05. The number of ether oxygens (including phenoxy) is 1. The highest BCUT2D eigenvalue weighted by molar-refractivity contribution is 6.08. The van der Waals surface area contributed by atoms with E-state index in [0.29, 0.717) is 22.3 Å². The Labute approximate surface area is 149 Å². The fourth-order valence-electron chi connectivity index (χ4n) is 2.79. The second-order valence-electron chi connectivity index (χ2n) is 5.87. The van der Waals surface area contributed by atoms with Gasteiger partial charge in [-0.25, -0.2) is 9.78 Å². The fourth-order valence-corrected chi connectivity index (χ4v) is 2.79. The van der Waals surface area contributed by atoms with Crippen LogP contribution in [0.1, 0.15) is 15.9 Å². The van der Waals surface area contributed by atoms with Crippen molar-refractivity contribution in [3.63, 3.8) is 0 Å². The van der Waals surface area contributed by atoms with Crippen LogP contribution in [0.5, 0.6) is 0 Å². The third-order valence-electron chi connectivity index (χ3n) is 4.13. The molecule has 6 heteroatoms. The Bertz CT molecular complexity index is 1090. The van der Waals surface area contributed by atoms with Crippen LogP contribution in [0.2, 0.25) is 0 Å². The highest BCUT2D eigenvalue weighted by Gasteiger charge is 2.22. The van der Waals surface area contributed by atoms with E-state index in [1.165, 1.54) is 7.11 Å². The summed E-state index contributed by atoms with van der Waals surface area (Å²) in [4.78, 5) is 21.0. The first kappa shape index (κ1) is 16.0. The molecule has 0 aliphatic rings. The van der Waals surface area contributed by atoms with Crippen molar-refractivity contribution in [3.8, 4) is 22.5 Å². The minimum absolute atomic E-state index is 0.280. The Kier molecular flexibility index (Phi) is 3.93. The topological polar surface area (TPSA) is 78.1 Å². The number of aryl methyl sites for hydroxylation is 1. The molecule has 6 nitrogen and oxygen atoms in total. The summed E-state index contributed by atoms with van der Waals surface area (Å²) in [5, 5.41) is 4.68. The molecule has 0 atom stereocenters. The SMILES string of the molecule is COC(=O)c1cc(-c2cccnc2)nc2onc(-c3ccc(C)cc3)c12. The van der Waals surface area contributed by atoms with Crippen molar-refractivity contribution in [2.75, 3.05) is 7.11 Å². The first-order valence-electron chi connectivity index (χ1n) is 8.03. The summed E-state index contributed by atoms with van der Waals surface area (Å²) in [6, 6.07) is 13.2. The molecule has 1 aromatic carbocycles. The third kappa shape index (κ3) is 2.71. The average molecular weight is 345 g/mol. The highest BCUT2D eigenvalue weighted by Crippen LogP contribution is 2.33. The van der Waals surface area contributed by atoms with E-state index >= 15 is 0 Å². The van der Waals surface area contributed by atoms with E-state index in [0.717, 1.165) is 16.7 Å². The van der Waals surface area contributed by atoms with E-state index in [1.54, 1.807) is 24.5 Å². The molecule has 3 heterocycles. The van der Waals surface area contributed by atoms with E-state index < -0.39 is 5.97 Å². The number of benzene rings is 1. The molecule has 0 aliphatic carbocycles. The second kappa shape index (κ2) is 6.40. The molecular formula is C20H15N3O3. The maximum Gasteiger partial charge on any atom is 0.338 e. The number of fused-ring (bicyclic) bond motifs is 1. The Morgan fingerprint density at radius 1 is 1.12 bits per heavy atom. The third-order valence-corrected chi connectivity index (χ3v) is 4.13. The number of carbonyl (C=O) groups excluding carboxylic acids is 1. The van der Waals surface area contributed by atoms with Gasteiger partial charge in [-0.1, -0.05) is 35.0 Å². The second-order valence-corrected chi connectivity index (χ2v) is 5.87. The summed E-state index contributed by atoms with van der Waals surface area (Å²) in [6.45, 7) is 2.01. The molecule has 0 unspecified atom stereocenters. The maximum absolute atomic E-state index is 12.4. The number of nitrogens with zero attached hydrogens (tertiary/aromatic N) is 3. The number of rotatable bonds is 3. The van der Waals surface area contributed by atoms with Crippen molar-refractivity contribution in [2.45, 2.75) is 6.92 Å². The first-order valence-corrected chi connectivity index (χ1v) is 8.03. The van der Waals surface area contributed by atoms with E-state index in [-0.39, 0.29) is 5.71 Å². The largest absolute Gasteiger partial charge is 0.465 e. The van der Waals surface area contributed by atoms with Crippen LogP contribution in [0.25, 0.3) is 33.6 Å². The molecule has 4 aromatic rings. The maximum atomic E-state index is 12.4. The summed E-state index contributed by atoms with van der Waals surface area (Å²) in [7, 11) is 1.34. The molecule has 26 heavy (non-hydrogen) atoms. The highest BCUT2D eigenvalue weighted by atomic mass is 16.5. The van der Waals surface area contributed by atoms with Crippen LogP contribution >= 0.6 is 0 Å². The molecule has 0 radical (unpaired) electrons. The molecule has 0 amide bonds. The van der Waals surface area contributed by atoms with Gasteiger partial charge in [0.2, 0.25) is 0 Å². The summed E-state index contributed by atoms with van der Waals surface area (Å²) in [5.41, 5.74) is 4.51. The predicted molar refractivity (Wildman–Crippen MR) is 96.5 cm³/mol. The van der Waals surface area contributed by atoms with Crippen LogP contribution in [0.3, 0.4) is 0 Å². The molecular weight excluding hydrogens is 330 g/mol. The Hall–Kier alpha value is -3.54. The van der Waals surface area contributed by atoms with Crippen LogP contribution in [0.15, 0.2) is 59.4 Å². The number of aromatic nitrogens is 3. The van der Waals surface area contributed by atoms with Crippen molar-refractivity contribution < 1.29 is 14.1 Å². The minimum atomic E-state index is -0.473. The quantitative estimate of drug-likeness (QED) is 0.521. The zero-order valence-electron chi connectivity index (χ0n) is 14.3. The molecule has 0 fully saturated rings. The number of esters is 1. The Morgan fingerprint density at radius 2 is 1.92 bits per heavy atom. The van der Waals surface area contributed by atoms with Crippen molar-refractivity contribution in [1.82, 2.24) is 15.1 Å². The minimum Gasteiger partial charge on any atom is -0.465 e. The van der Waals surface area contributed by atoms with Crippen molar-refractivity contribution in [3.05, 3.63) is 66.0 Å². The lowest BCUT2D eigenvalue weighted by molar-refractivity contribution is 0.0603. The summed E-state index contributed by atoms with van der Waals surface area (Å²) in [6.07, 6.45) is 3.35. The molecule has 0 saturated heterocycles. The van der Waals surface area contributed by atoms with Gasteiger partial charge < -0.3 is 9.26 Å². The molecule has 4 rings (SSSR count). The molecule has 0 N–H and O–H groups in total. The van der Waals surface area contributed by atoms with E-state index in [1.807, 2.05) is 37.3 Å². The van der Waals surface area contributed by atoms with Gasteiger partial charge in [0.1, 0.15) is 5.69 Å². The smallest absolute Gasteiger partial charge is 0.338 e. The molecule has 0 spiro atoms. The van der Waals surface area contributed by atoms with Gasteiger partial charge in [-0.05, 0) is 25.1 Å². The molecule has 0 aliphatic heterocycles. The number of methoxy groups -OCH3 is 1. The molecule has 128 valence electrons. The van der Waals surface area contributed by atoms with Gasteiger partial charge in [0.25, 0.3) is 5.71 Å². The number of hydrogen-bond donors (Lipinski definition) is 0. The summed E-state index contributed by atoms with van der Waals surface area (Å²) >= 11 is 0. The Morgan fingerprint density at radius 3 is 2.62 bits per heavy atom. The van der Waals surface area contributed by atoms with Crippen LogP contribution in [-0.4, -0.2) is 28.2 Å². The van der Waals surface area contributed by atoms with Gasteiger partial charge >= 0.3 is 5.97 Å².